The largest absolute Gasteiger partial charge is 0.361 e. The number of H-pyrrole nitrogens is 2. The summed E-state index contributed by atoms with van der Waals surface area (Å²) >= 11 is 0. The van der Waals surface area contributed by atoms with Crippen LogP contribution >= 0.6 is 0 Å². The summed E-state index contributed by atoms with van der Waals surface area (Å²) < 4.78 is 0. The zero-order valence-electron chi connectivity index (χ0n) is 14.0. The Morgan fingerprint density at radius 1 is 0.692 bits per heavy atom. The van der Waals surface area contributed by atoms with Gasteiger partial charge in [-0.1, -0.05) is 42.5 Å². The van der Waals surface area contributed by atoms with Crippen LogP contribution in [0, 0.1) is 0 Å². The van der Waals surface area contributed by atoms with Gasteiger partial charge in [0.1, 0.15) is 0 Å². The van der Waals surface area contributed by atoms with Crippen molar-refractivity contribution in [3.05, 3.63) is 108 Å². The number of nitrogens with one attached hydrogen (secondary N) is 2. The smallest absolute Gasteiger partial charge is 0.345 e. The first-order chi connectivity index (χ1) is 12.8. The molecule has 0 saturated heterocycles. The fourth-order valence-corrected chi connectivity index (χ4v) is 2.31. The second kappa shape index (κ2) is 8.94. The highest BCUT2D eigenvalue weighted by Gasteiger charge is 1.90. The van der Waals surface area contributed by atoms with Crippen molar-refractivity contribution in [3.8, 4) is 0 Å². The minimum Gasteiger partial charge on any atom is -0.361 e. The van der Waals surface area contributed by atoms with Crippen LogP contribution in [0.3, 0.4) is 0 Å². The number of pyridine rings is 1. The maximum atomic E-state index is 10.7. The number of hydrogen-bond acceptors (Lipinski definition) is 3. The molecule has 2 N–H and O–H groups in total. The Bertz CT molecular complexity index is 1060. The van der Waals surface area contributed by atoms with Gasteiger partial charge in [0.05, 0.1) is 5.52 Å². The quantitative estimate of drug-likeness (QED) is 0.443. The van der Waals surface area contributed by atoms with Gasteiger partial charge in [0.15, 0.2) is 0 Å². The Morgan fingerprint density at radius 2 is 1.38 bits per heavy atom. The minimum atomic E-state index is -0.302. The van der Waals surface area contributed by atoms with Crippen molar-refractivity contribution in [1.29, 1.82) is 0 Å². The lowest BCUT2D eigenvalue weighted by atomic mass is 10.2. The van der Waals surface area contributed by atoms with Crippen LogP contribution < -0.4 is 5.69 Å². The molecule has 128 valence electrons. The second-order valence-corrected chi connectivity index (χ2v) is 5.37. The molecule has 0 spiro atoms. The van der Waals surface area contributed by atoms with Gasteiger partial charge < -0.3 is 9.97 Å². The average Bonchev–Trinajstić information content (AvgIpc) is 3.19. The van der Waals surface area contributed by atoms with Crippen molar-refractivity contribution < 1.29 is 0 Å². The van der Waals surface area contributed by atoms with Crippen molar-refractivity contribution in [1.82, 2.24) is 19.9 Å². The predicted molar refractivity (Wildman–Crippen MR) is 105 cm³/mol. The van der Waals surface area contributed by atoms with Crippen molar-refractivity contribution in [3.63, 3.8) is 0 Å². The summed E-state index contributed by atoms with van der Waals surface area (Å²) in [5, 5.41) is 2.23. The first-order valence-corrected chi connectivity index (χ1v) is 8.14. The Kier molecular flexibility index (Phi) is 5.88. The van der Waals surface area contributed by atoms with E-state index in [0.29, 0.717) is 0 Å². The number of rotatable bonds is 0. The lowest BCUT2D eigenvalue weighted by molar-refractivity contribution is 1.12. The van der Waals surface area contributed by atoms with E-state index in [-0.39, 0.29) is 5.69 Å². The van der Waals surface area contributed by atoms with Gasteiger partial charge >= 0.3 is 5.69 Å². The number of aromatic amines is 2. The highest BCUT2D eigenvalue weighted by molar-refractivity contribution is 5.78. The summed E-state index contributed by atoms with van der Waals surface area (Å²) in [7, 11) is 0. The maximum absolute atomic E-state index is 10.7. The van der Waals surface area contributed by atoms with E-state index < -0.39 is 0 Å². The molecule has 2 aromatic carbocycles. The molecule has 0 atom stereocenters. The van der Waals surface area contributed by atoms with Gasteiger partial charge in [0.2, 0.25) is 0 Å². The highest BCUT2D eigenvalue weighted by atomic mass is 16.1. The van der Waals surface area contributed by atoms with Crippen molar-refractivity contribution >= 4 is 21.8 Å². The van der Waals surface area contributed by atoms with Gasteiger partial charge in [0.25, 0.3) is 0 Å². The molecule has 0 bridgehead atoms. The van der Waals surface area contributed by atoms with Gasteiger partial charge in [0, 0.05) is 35.7 Å². The SMILES string of the molecule is O=c1ncc2ccccc2[nH]1.c1ccc2[nH]ccc2c1.c1ccncc1. The molecule has 0 saturated carbocycles. The zero-order chi connectivity index (χ0) is 18.0. The molecular weight excluding hydrogens is 324 g/mol. The van der Waals surface area contributed by atoms with E-state index in [1.165, 1.54) is 10.9 Å². The number of fused-ring (bicyclic) bond motifs is 2. The molecule has 5 aromatic rings. The van der Waals surface area contributed by atoms with Crippen LogP contribution in [-0.4, -0.2) is 19.9 Å². The molecule has 0 unspecified atom stereocenters. The van der Waals surface area contributed by atoms with Crippen LogP contribution in [0.5, 0.6) is 0 Å². The molecule has 3 heterocycles. The standard InChI is InChI=1S/C8H6N2O.C8H7N.C5H5N/c11-8-9-5-6-3-1-2-4-7(6)10-8;1-2-4-8-7(3-1)5-6-9-8;1-2-4-6-5-3-1/h1-5H,(H,9,10,11);1-6,9H;1-5H. The highest BCUT2D eigenvalue weighted by Crippen LogP contribution is 2.09. The normalized spacial score (nSPS) is 9.69. The summed E-state index contributed by atoms with van der Waals surface area (Å²) in [6.45, 7) is 0. The van der Waals surface area contributed by atoms with E-state index in [9.17, 15) is 4.79 Å². The van der Waals surface area contributed by atoms with Gasteiger partial charge in [-0.25, -0.2) is 9.78 Å². The monoisotopic (exact) mass is 342 g/mol. The van der Waals surface area contributed by atoms with Crippen molar-refractivity contribution in [2.24, 2.45) is 0 Å². The van der Waals surface area contributed by atoms with Crippen LogP contribution in [0.1, 0.15) is 0 Å². The molecule has 5 nitrogen and oxygen atoms in total. The first-order valence-electron chi connectivity index (χ1n) is 8.14. The lowest BCUT2D eigenvalue weighted by Gasteiger charge is -1.92. The van der Waals surface area contributed by atoms with E-state index >= 15 is 0 Å². The van der Waals surface area contributed by atoms with E-state index in [1.807, 2.05) is 60.8 Å². The first kappa shape index (κ1) is 17.1. The summed E-state index contributed by atoms with van der Waals surface area (Å²) in [6.07, 6.45) is 7.01. The Morgan fingerprint density at radius 3 is 2.04 bits per heavy atom. The zero-order valence-corrected chi connectivity index (χ0v) is 14.0. The molecule has 0 fully saturated rings. The summed E-state index contributed by atoms with van der Waals surface area (Å²) in [5.41, 5.74) is 1.73. The summed E-state index contributed by atoms with van der Waals surface area (Å²) in [4.78, 5) is 23.8. The van der Waals surface area contributed by atoms with Crippen molar-refractivity contribution in [2.45, 2.75) is 0 Å². The number of hydrogen-bond donors (Lipinski definition) is 2. The van der Waals surface area contributed by atoms with Gasteiger partial charge in [-0.05, 0) is 35.7 Å². The van der Waals surface area contributed by atoms with Gasteiger partial charge in [-0.3, -0.25) is 4.98 Å². The van der Waals surface area contributed by atoms with Crippen LogP contribution in [0.4, 0.5) is 0 Å². The van der Waals surface area contributed by atoms with E-state index in [1.54, 1.807) is 18.6 Å². The van der Waals surface area contributed by atoms with Crippen molar-refractivity contribution in [2.75, 3.05) is 0 Å². The molecule has 0 radical (unpaired) electrons. The van der Waals surface area contributed by atoms with E-state index in [0.717, 1.165) is 10.9 Å². The van der Waals surface area contributed by atoms with Crippen LogP contribution in [0.25, 0.3) is 21.8 Å². The fraction of sp³-hybridized carbons (Fsp3) is 0. The fourth-order valence-electron chi connectivity index (χ4n) is 2.31. The third-order valence-corrected chi connectivity index (χ3v) is 3.55. The number of para-hydroxylation sites is 2. The lowest BCUT2D eigenvalue weighted by Crippen LogP contribution is -2.07. The molecule has 5 rings (SSSR count). The van der Waals surface area contributed by atoms with Crippen LogP contribution in [-0.2, 0) is 0 Å². The Balaban J connectivity index is 0.000000118. The Labute approximate surface area is 150 Å². The molecule has 0 amide bonds. The van der Waals surface area contributed by atoms with Crippen LogP contribution in [0.15, 0.2) is 102 Å². The predicted octanol–water partition coefficient (Wildman–Crippen LogP) is 4.17. The van der Waals surface area contributed by atoms with Gasteiger partial charge in [-0.15, -0.1) is 0 Å². The Hall–Kier alpha value is -3.73. The average molecular weight is 342 g/mol. The second-order valence-electron chi connectivity index (χ2n) is 5.37. The van der Waals surface area contributed by atoms with Gasteiger partial charge in [-0.2, -0.15) is 0 Å². The van der Waals surface area contributed by atoms with E-state index in [2.05, 4.69) is 38.1 Å². The molecule has 0 aliphatic rings. The number of nitrogens with zero attached hydrogens (tertiary/aromatic N) is 2. The molecular formula is C21H18N4O. The molecule has 0 aliphatic heterocycles. The minimum absolute atomic E-state index is 0.302. The van der Waals surface area contributed by atoms with Crippen LogP contribution in [0.2, 0.25) is 0 Å². The maximum Gasteiger partial charge on any atom is 0.345 e. The number of benzene rings is 2. The van der Waals surface area contributed by atoms with E-state index in [4.69, 9.17) is 0 Å². The number of aromatic nitrogens is 4. The summed E-state index contributed by atoms with van der Waals surface area (Å²) in [6, 6.07) is 23.5. The topological polar surface area (TPSA) is 74.4 Å². The molecule has 0 aliphatic carbocycles. The summed E-state index contributed by atoms with van der Waals surface area (Å²) in [5.74, 6) is 0. The molecule has 3 aromatic heterocycles. The molecule has 26 heavy (non-hydrogen) atoms. The third kappa shape index (κ3) is 4.88. The third-order valence-electron chi connectivity index (χ3n) is 3.55. The molecule has 5 heteroatoms.